The summed E-state index contributed by atoms with van der Waals surface area (Å²) >= 11 is 6.35. The molecule has 6 nitrogen and oxygen atoms in total. The van der Waals surface area contributed by atoms with Crippen molar-refractivity contribution in [1.29, 1.82) is 0 Å². The minimum absolute atomic E-state index is 0.0872. The van der Waals surface area contributed by atoms with Crippen molar-refractivity contribution in [3.63, 3.8) is 0 Å². The van der Waals surface area contributed by atoms with Gasteiger partial charge in [0.2, 0.25) is 0 Å². The van der Waals surface area contributed by atoms with Gasteiger partial charge in [0.1, 0.15) is 5.75 Å². The predicted molar refractivity (Wildman–Crippen MR) is 119 cm³/mol. The van der Waals surface area contributed by atoms with E-state index in [2.05, 4.69) is 10.1 Å². The van der Waals surface area contributed by atoms with Gasteiger partial charge < -0.3 is 5.11 Å². The van der Waals surface area contributed by atoms with Crippen LogP contribution in [0.15, 0.2) is 59.4 Å². The van der Waals surface area contributed by atoms with Gasteiger partial charge in [0.05, 0.1) is 21.8 Å². The number of halogens is 1. The quantitative estimate of drug-likeness (QED) is 0.503. The number of aromatic nitrogens is 3. The number of hydrogen-bond donors (Lipinski definition) is 2. The van der Waals surface area contributed by atoms with Crippen molar-refractivity contribution in [3.8, 4) is 22.7 Å². The highest BCUT2D eigenvalue weighted by atomic mass is 35.5. The first-order valence-corrected chi connectivity index (χ1v) is 11.0. The molecule has 0 aliphatic rings. The van der Waals surface area contributed by atoms with Gasteiger partial charge in [-0.15, -0.1) is 0 Å². The second kappa shape index (κ2) is 8.63. The average molecular weight is 430 g/mol. The molecule has 0 amide bonds. The number of hydrogen-bond acceptors (Lipinski definition) is 4. The zero-order chi connectivity index (χ0) is 21.1. The van der Waals surface area contributed by atoms with Gasteiger partial charge in [-0.1, -0.05) is 41.4 Å². The topological polar surface area (TPSA) is 88.0 Å². The fourth-order valence-corrected chi connectivity index (χ4v) is 3.05. The summed E-state index contributed by atoms with van der Waals surface area (Å²) in [4.78, 5) is 17.1. The molecule has 2 aromatic carbocycles. The number of rotatable bonds is 2. The number of fused-ring (bicyclic) bond motifs is 1. The molecule has 0 radical (unpaired) electrons. The Hall–Kier alpha value is -2.90. The lowest BCUT2D eigenvalue weighted by molar-refractivity contribution is 0.477. The van der Waals surface area contributed by atoms with Gasteiger partial charge in [-0.2, -0.15) is 0 Å². The molecule has 0 bridgehead atoms. The zero-order valence-electron chi connectivity index (χ0n) is 16.1. The smallest absolute Gasteiger partial charge is 0.280 e. The van der Waals surface area contributed by atoms with E-state index in [4.69, 9.17) is 11.6 Å². The second-order valence-corrected chi connectivity index (χ2v) is 8.46. The van der Waals surface area contributed by atoms with Crippen molar-refractivity contribution in [1.82, 2.24) is 14.8 Å². The summed E-state index contributed by atoms with van der Waals surface area (Å²) in [6, 6.07) is 16.0. The standard InChI is InChI=1S/C19H14ClN3O2.C2H6OS/c1-11-7-8-16(24)13(9-11)17-15(20)10-14-18(21-17)22-23(19(14)25)12-5-3-2-4-6-12;1-4(2)3/h2-10,24H,1H3,(H,21,22);1-2H3. The Morgan fingerprint density at radius 1 is 1.10 bits per heavy atom. The van der Waals surface area contributed by atoms with Crippen molar-refractivity contribution in [2.45, 2.75) is 6.92 Å². The number of para-hydroxylation sites is 1. The van der Waals surface area contributed by atoms with E-state index >= 15 is 0 Å². The van der Waals surface area contributed by atoms with E-state index in [0.29, 0.717) is 33.0 Å². The zero-order valence-corrected chi connectivity index (χ0v) is 17.7. The van der Waals surface area contributed by atoms with Gasteiger partial charge in [0, 0.05) is 28.9 Å². The molecule has 0 unspecified atom stereocenters. The fraction of sp³-hybridized carbons (Fsp3) is 0.143. The number of phenolic OH excluding ortho intramolecular Hbond substituents is 1. The maximum atomic E-state index is 12.6. The Balaban J connectivity index is 0.000000552. The lowest BCUT2D eigenvalue weighted by atomic mass is 10.1. The van der Waals surface area contributed by atoms with Crippen LogP contribution in [0.3, 0.4) is 0 Å². The third-order valence-electron chi connectivity index (χ3n) is 4.05. The van der Waals surface area contributed by atoms with Gasteiger partial charge >= 0.3 is 0 Å². The predicted octanol–water partition coefficient (Wildman–Crippen LogP) is 4.04. The molecule has 4 rings (SSSR count). The number of phenols is 1. The molecule has 2 N–H and O–H groups in total. The highest BCUT2D eigenvalue weighted by molar-refractivity contribution is 7.83. The summed E-state index contributed by atoms with van der Waals surface area (Å²) in [5.41, 5.74) is 2.82. The molecule has 0 spiro atoms. The highest BCUT2D eigenvalue weighted by Crippen LogP contribution is 2.34. The summed E-state index contributed by atoms with van der Waals surface area (Å²) in [5, 5.41) is 13.9. The van der Waals surface area contributed by atoms with Crippen LogP contribution in [0.25, 0.3) is 28.0 Å². The van der Waals surface area contributed by atoms with Crippen molar-refractivity contribution in [2.75, 3.05) is 12.5 Å². The molecular formula is C21H20ClN3O3S. The van der Waals surface area contributed by atoms with Gasteiger partial charge in [0.25, 0.3) is 5.56 Å². The van der Waals surface area contributed by atoms with Crippen LogP contribution in [0.2, 0.25) is 5.02 Å². The number of benzene rings is 2. The Labute approximate surface area is 175 Å². The second-order valence-electron chi connectivity index (χ2n) is 6.57. The normalized spacial score (nSPS) is 10.8. The van der Waals surface area contributed by atoms with E-state index in [1.165, 1.54) is 4.68 Å². The first-order chi connectivity index (χ1) is 13.8. The molecule has 2 heterocycles. The molecule has 29 heavy (non-hydrogen) atoms. The Morgan fingerprint density at radius 2 is 1.76 bits per heavy atom. The first-order valence-electron chi connectivity index (χ1n) is 8.69. The Bertz CT molecular complexity index is 1250. The number of aromatic hydroxyl groups is 1. The van der Waals surface area contributed by atoms with Crippen LogP contribution >= 0.6 is 11.6 Å². The lowest BCUT2D eigenvalue weighted by Crippen LogP contribution is -2.13. The summed E-state index contributed by atoms with van der Waals surface area (Å²) in [6.07, 6.45) is 3.28. The van der Waals surface area contributed by atoms with Crippen LogP contribution in [0.1, 0.15) is 5.56 Å². The van der Waals surface area contributed by atoms with Gasteiger partial charge in [0.15, 0.2) is 5.65 Å². The Kier molecular flexibility index (Phi) is 6.20. The van der Waals surface area contributed by atoms with E-state index in [0.717, 1.165) is 5.56 Å². The number of aromatic amines is 1. The van der Waals surface area contributed by atoms with Crippen molar-refractivity contribution >= 4 is 33.4 Å². The van der Waals surface area contributed by atoms with E-state index in [9.17, 15) is 14.1 Å². The first kappa shape index (κ1) is 20.8. The lowest BCUT2D eigenvalue weighted by Gasteiger charge is -2.07. The molecule has 8 heteroatoms. The number of H-pyrrole nitrogens is 1. The van der Waals surface area contributed by atoms with Crippen molar-refractivity contribution in [3.05, 3.63) is 75.5 Å². The molecule has 150 valence electrons. The minimum atomic E-state index is -0.611. The van der Waals surface area contributed by atoms with E-state index in [-0.39, 0.29) is 11.3 Å². The molecule has 0 aliphatic carbocycles. The van der Waals surface area contributed by atoms with Crippen LogP contribution < -0.4 is 5.56 Å². The SMILES string of the molecule is CS(C)=O.Cc1ccc(O)c(-c2nc3[nH]n(-c4ccccc4)c(=O)c3cc2Cl)c1. The number of nitrogens with zero attached hydrogens (tertiary/aromatic N) is 2. The summed E-state index contributed by atoms with van der Waals surface area (Å²) in [5.74, 6) is 0.0872. The number of nitrogens with one attached hydrogen (secondary N) is 1. The molecular weight excluding hydrogens is 410 g/mol. The summed E-state index contributed by atoms with van der Waals surface area (Å²) in [6.45, 7) is 1.92. The molecule has 0 atom stereocenters. The molecule has 0 fully saturated rings. The number of aryl methyl sites for hydroxylation is 1. The molecule has 0 saturated heterocycles. The molecule has 4 aromatic rings. The fourth-order valence-electron chi connectivity index (χ4n) is 2.80. The highest BCUT2D eigenvalue weighted by Gasteiger charge is 2.16. The van der Waals surface area contributed by atoms with Crippen LogP contribution in [-0.4, -0.2) is 36.6 Å². The van der Waals surface area contributed by atoms with Crippen LogP contribution in [0.5, 0.6) is 5.75 Å². The van der Waals surface area contributed by atoms with E-state index < -0.39 is 10.8 Å². The maximum absolute atomic E-state index is 12.6. The average Bonchev–Trinajstić information content (AvgIpc) is 2.99. The largest absolute Gasteiger partial charge is 0.507 e. The molecule has 2 aromatic heterocycles. The number of pyridine rings is 1. The monoisotopic (exact) mass is 429 g/mol. The third-order valence-corrected chi connectivity index (χ3v) is 4.34. The van der Waals surface area contributed by atoms with Gasteiger partial charge in [-0.3, -0.25) is 14.1 Å². The van der Waals surface area contributed by atoms with Crippen LogP contribution in [-0.2, 0) is 10.8 Å². The van der Waals surface area contributed by atoms with Crippen LogP contribution in [0.4, 0.5) is 0 Å². The maximum Gasteiger partial charge on any atom is 0.280 e. The summed E-state index contributed by atoms with van der Waals surface area (Å²) in [7, 11) is -0.611. The molecule has 0 saturated carbocycles. The summed E-state index contributed by atoms with van der Waals surface area (Å²) < 4.78 is 11.0. The van der Waals surface area contributed by atoms with E-state index in [1.807, 2.05) is 43.3 Å². The third kappa shape index (κ3) is 4.58. The molecule has 0 aliphatic heterocycles. The Morgan fingerprint density at radius 3 is 2.41 bits per heavy atom. The van der Waals surface area contributed by atoms with Crippen molar-refractivity contribution < 1.29 is 9.32 Å². The van der Waals surface area contributed by atoms with Crippen LogP contribution in [0, 0.1) is 6.92 Å². The minimum Gasteiger partial charge on any atom is -0.507 e. The van der Waals surface area contributed by atoms with Crippen molar-refractivity contribution in [2.24, 2.45) is 0 Å². The van der Waals surface area contributed by atoms with Gasteiger partial charge in [-0.25, -0.2) is 9.67 Å². The van der Waals surface area contributed by atoms with E-state index in [1.54, 1.807) is 30.7 Å². The van der Waals surface area contributed by atoms with Gasteiger partial charge in [-0.05, 0) is 37.3 Å².